The predicted octanol–water partition coefficient (Wildman–Crippen LogP) is 19.7. The fourth-order valence-corrected chi connectivity index (χ4v) is 17.6. The van der Waals surface area contributed by atoms with Gasteiger partial charge in [-0.05, 0) is 96.1 Å². The molecule has 0 unspecified atom stereocenters. The highest BCUT2D eigenvalue weighted by Gasteiger charge is 2.29. The molecule has 141 heavy (non-hydrogen) atoms. The van der Waals surface area contributed by atoms with Crippen molar-refractivity contribution in [3.05, 3.63) is 247 Å². The number of pyridine rings is 4. The fourth-order valence-electron chi connectivity index (χ4n) is 13.2. The van der Waals surface area contributed by atoms with Crippen LogP contribution >= 0.6 is 45.3 Å². The van der Waals surface area contributed by atoms with Crippen molar-refractivity contribution >= 4 is 127 Å². The molecule has 0 aliphatic carbocycles. The number of hydrogen-bond donors (Lipinski definition) is 3. The molecule has 0 saturated heterocycles. The minimum atomic E-state index is -0.845. The number of rotatable bonds is 33. The molecule has 4 aromatic carbocycles. The number of benzene rings is 4. The molecule has 0 atom stereocenters. The number of ether oxygens (including phenoxy) is 10. The van der Waals surface area contributed by atoms with Crippen molar-refractivity contribution in [3.8, 4) is 88.8 Å². The Kier molecular flexibility index (Phi) is 35.4. The summed E-state index contributed by atoms with van der Waals surface area (Å²) in [6.45, 7) is 16.3. The number of amides is 2. The van der Waals surface area contributed by atoms with Gasteiger partial charge in [-0.3, -0.25) is 55.1 Å². The number of carbonyl (C=O) groups is 3. The van der Waals surface area contributed by atoms with Crippen LogP contribution in [0.25, 0.3) is 83.7 Å². The number of nitrogens with zero attached hydrogens (tertiary/aromatic N) is 17. The molecule has 0 saturated carbocycles. The summed E-state index contributed by atoms with van der Waals surface area (Å²) in [6.07, 6.45) is 12.8. The molecule has 0 bridgehead atoms. The molecular formula is C94H98F4N20O19S4. The van der Waals surface area contributed by atoms with E-state index in [0.717, 1.165) is 76.6 Å². The zero-order chi connectivity index (χ0) is 102. The van der Waals surface area contributed by atoms with E-state index in [2.05, 4.69) is 49.9 Å². The summed E-state index contributed by atoms with van der Waals surface area (Å²) in [4.78, 5) is 109. The number of anilines is 1. The molecule has 5 N–H and O–H groups in total. The molecule has 740 valence electrons. The Hall–Kier alpha value is -15.0. The molecule has 0 aliphatic rings. The van der Waals surface area contributed by atoms with Gasteiger partial charge in [-0.15, -0.1) is 45.3 Å². The van der Waals surface area contributed by atoms with E-state index < -0.39 is 61.4 Å². The zero-order valence-corrected chi connectivity index (χ0v) is 81.9. The molecule has 16 aromatic rings. The van der Waals surface area contributed by atoms with Crippen molar-refractivity contribution < 1.29 is 94.1 Å². The number of nitrogens with one attached hydrogen (secondary N) is 1. The van der Waals surface area contributed by atoms with E-state index >= 15 is 0 Å². The maximum Gasteiger partial charge on any atom is 0.410 e. The van der Waals surface area contributed by atoms with Crippen molar-refractivity contribution in [2.45, 2.75) is 72.4 Å². The van der Waals surface area contributed by atoms with E-state index in [9.17, 15) is 62.3 Å². The van der Waals surface area contributed by atoms with Crippen LogP contribution in [0.5, 0.6) is 46.0 Å². The largest absolute Gasteiger partial charge is 0.453 e. The number of nitrogen functional groups attached to an aromatic ring is 1. The summed E-state index contributed by atoms with van der Waals surface area (Å²) in [5.74, 6) is 1.02. The molecule has 0 spiro atoms. The van der Waals surface area contributed by atoms with Gasteiger partial charge in [0, 0.05) is 168 Å². The van der Waals surface area contributed by atoms with Crippen molar-refractivity contribution in [1.29, 1.82) is 0 Å². The van der Waals surface area contributed by atoms with Gasteiger partial charge in [0.05, 0.1) is 175 Å². The van der Waals surface area contributed by atoms with Crippen LogP contribution in [0.4, 0.5) is 49.9 Å². The second-order valence-electron chi connectivity index (χ2n) is 32.6. The van der Waals surface area contributed by atoms with Gasteiger partial charge in [0.2, 0.25) is 0 Å². The molecule has 12 heterocycles. The molecule has 12 aromatic heterocycles. The number of aldehydes is 1. The van der Waals surface area contributed by atoms with Gasteiger partial charge >= 0.3 is 12.2 Å². The van der Waals surface area contributed by atoms with Gasteiger partial charge < -0.3 is 92.2 Å². The lowest BCUT2D eigenvalue weighted by Gasteiger charge is -2.27. The molecule has 47 heteroatoms. The summed E-state index contributed by atoms with van der Waals surface area (Å²) in [6, 6.07) is 28.0. The van der Waals surface area contributed by atoms with Gasteiger partial charge in [-0.25, -0.2) is 47.1 Å². The minimum Gasteiger partial charge on any atom is -0.453 e. The molecule has 0 radical (unpaired) electrons. The number of fused-ring (bicyclic) bond motifs is 4. The first kappa shape index (κ1) is 105. The summed E-state index contributed by atoms with van der Waals surface area (Å²) >= 11 is 5.55. The molecular weight excluding hydrogens is 1920 g/mol. The summed E-state index contributed by atoms with van der Waals surface area (Å²) in [5.41, 5.74) is 14.4. The second kappa shape index (κ2) is 47.6. The normalized spacial score (nSPS) is 11.3. The number of nitrogens with two attached hydrogens (primary N) is 2. The summed E-state index contributed by atoms with van der Waals surface area (Å²) in [5, 5.41) is 35.8. The standard InChI is InChI=1S/C26H28FN5O6S.C26H30FN5O4S.C21H20FN5O4S.C18H11FN4O4S.C3H9NO/c1-26(2,3)38-25(33)31(10-11-36-5)15-17-14-29-24(30(17)4)22-13-19-23(39-22)21(8-9-28-19)37-20-7-6-16(32(34)35)12-18(20)27;1-26(2,3)36-25(33)32(10-11-34-5)15-17-14-30-24(31(17)4)22-13-19-23(37-22)21(8-9-29-19)35-20-7-6-16(28)12-18(20)27;1-26-14(11-23-7-8-30-2)12-25-21(26)19-10-16-20(32-19)18(5-6-24-16)31-17-4-3-13(27(28)29)9-15(17)22;1-22-11(9-24)8-21-18(22)16-7-13-17(28-16)15(4-5-20-13)27-14-3-2-10(23(25)26)6-12(14)19;1-5-3-2-4/h6-9,12-14H,10-11,15H2,1-5H3;6-9,12-14H,10-11,15,28H2,1-5H3;3-6,9-10,12,23H,7-8,11H2,1-2H3;2-9H,1H3;2-4H2,1H3. The van der Waals surface area contributed by atoms with Crippen LogP contribution < -0.4 is 35.7 Å². The predicted molar refractivity (Wildman–Crippen MR) is 525 cm³/mol. The number of imidazole rings is 4. The van der Waals surface area contributed by atoms with Crippen molar-refractivity contribution in [1.82, 2.24) is 73.3 Å². The van der Waals surface area contributed by atoms with E-state index in [1.54, 1.807) is 111 Å². The minimum absolute atomic E-state index is 0.0780. The third-order valence-electron chi connectivity index (χ3n) is 20.2. The number of nitro benzene ring substituents is 3. The van der Waals surface area contributed by atoms with E-state index in [1.807, 2.05) is 101 Å². The number of nitro groups is 3. The lowest BCUT2D eigenvalue weighted by atomic mass is 10.2. The van der Waals surface area contributed by atoms with Crippen LogP contribution in [0.2, 0.25) is 0 Å². The SMILES string of the molecule is COCCN.COCCN(Cc1cnc(-c2cc3nccc(Oc4ccc(N)cc4F)c3s2)n1C)C(=O)OC(C)(C)C.COCCN(Cc1cnc(-c2cc3nccc(Oc4ccc([N+](=O)[O-])cc4F)c3s2)n1C)C(=O)OC(C)(C)C.COCCNCc1cnc(-c2cc3nccc(Oc4ccc([N+](=O)[O-])cc4F)c3s2)n1C.Cn1c(C=O)cnc1-c1cc2nccc(Oc3ccc([N+](=O)[O-])cc3F)c2s1. The van der Waals surface area contributed by atoms with Crippen LogP contribution in [0.3, 0.4) is 0 Å². The van der Waals surface area contributed by atoms with Crippen LogP contribution in [-0.2, 0) is 76.2 Å². The van der Waals surface area contributed by atoms with Crippen LogP contribution in [0.1, 0.15) is 69.1 Å². The quantitative estimate of drug-likeness (QED) is 0.00858. The molecule has 39 nitrogen and oxygen atoms in total. The Bertz CT molecular complexity index is 7150. The summed E-state index contributed by atoms with van der Waals surface area (Å²) in [7, 11) is 13.9. The lowest BCUT2D eigenvalue weighted by Crippen LogP contribution is -2.38. The Morgan fingerprint density at radius 1 is 0.426 bits per heavy atom. The van der Waals surface area contributed by atoms with Crippen LogP contribution in [0.15, 0.2) is 171 Å². The first-order valence-electron chi connectivity index (χ1n) is 42.8. The first-order valence-corrected chi connectivity index (χ1v) is 46.1. The van der Waals surface area contributed by atoms with Crippen molar-refractivity contribution in [2.75, 3.05) is 86.8 Å². The molecule has 16 rings (SSSR count). The monoisotopic (exact) mass is 2010 g/mol. The van der Waals surface area contributed by atoms with Gasteiger partial charge in [-0.2, -0.15) is 0 Å². The van der Waals surface area contributed by atoms with E-state index in [-0.39, 0.29) is 46.6 Å². The average molecular weight is 2020 g/mol. The fraction of sp³-hybridized carbons (Fsp3) is 0.287. The van der Waals surface area contributed by atoms with Crippen LogP contribution in [-0.4, -0.2) is 193 Å². The third kappa shape index (κ3) is 27.0. The van der Waals surface area contributed by atoms with E-state index in [1.165, 1.54) is 112 Å². The number of hydrogen-bond acceptors (Lipinski definition) is 34. The van der Waals surface area contributed by atoms with Crippen molar-refractivity contribution in [2.24, 2.45) is 33.9 Å². The topological polar surface area (TPSA) is 466 Å². The maximum absolute atomic E-state index is 14.5. The number of halogens is 4. The number of thiophene rings is 4. The van der Waals surface area contributed by atoms with Gasteiger partial charge in [-0.1, -0.05) is 0 Å². The Balaban J connectivity index is 0.000000166. The zero-order valence-electron chi connectivity index (χ0n) is 78.7. The Morgan fingerprint density at radius 3 is 1.03 bits per heavy atom. The first-order chi connectivity index (χ1) is 67.4. The number of methoxy groups -OCH3 is 4. The van der Waals surface area contributed by atoms with Crippen LogP contribution in [0, 0.1) is 53.6 Å². The highest BCUT2D eigenvalue weighted by atomic mass is 32.1. The third-order valence-corrected chi connectivity index (χ3v) is 24.8. The van der Waals surface area contributed by atoms with E-state index in [0.29, 0.717) is 149 Å². The second-order valence-corrected chi connectivity index (χ2v) is 36.8. The van der Waals surface area contributed by atoms with Gasteiger partial charge in [0.1, 0.15) is 63.2 Å². The number of aromatic nitrogens is 12. The molecule has 0 fully saturated rings. The average Bonchev–Trinajstić information content (AvgIpc) is 1.64. The summed E-state index contributed by atoms with van der Waals surface area (Å²) < 4.78 is 122. The molecule has 2 amide bonds. The Labute approximate surface area is 819 Å². The highest BCUT2D eigenvalue weighted by Crippen LogP contribution is 2.46. The maximum atomic E-state index is 14.5. The number of carbonyl (C=O) groups excluding carboxylic acids is 3. The smallest absolute Gasteiger partial charge is 0.410 e. The molecule has 0 aliphatic heterocycles. The van der Waals surface area contributed by atoms with Crippen molar-refractivity contribution in [3.63, 3.8) is 0 Å². The van der Waals surface area contributed by atoms with Gasteiger partial charge in [0.15, 0.2) is 52.6 Å². The Morgan fingerprint density at radius 2 is 0.738 bits per heavy atom. The van der Waals surface area contributed by atoms with E-state index in [4.69, 9.17) is 54.1 Å². The number of non-ortho nitro benzene ring substituents is 3. The van der Waals surface area contributed by atoms with Gasteiger partial charge in [0.25, 0.3) is 17.1 Å². The highest BCUT2D eigenvalue weighted by molar-refractivity contribution is 7.23. The lowest BCUT2D eigenvalue weighted by molar-refractivity contribution is -0.385.